The number of esters is 1. The Bertz CT molecular complexity index is 1120. The van der Waals surface area contributed by atoms with E-state index in [4.69, 9.17) is 17.0 Å². The predicted molar refractivity (Wildman–Crippen MR) is 138 cm³/mol. The molecule has 0 atom stereocenters. The van der Waals surface area contributed by atoms with Crippen molar-refractivity contribution >= 4 is 57.8 Å². The van der Waals surface area contributed by atoms with Crippen LogP contribution in [-0.2, 0) is 14.3 Å². The summed E-state index contributed by atoms with van der Waals surface area (Å²) in [6.07, 6.45) is 7.27. The first-order valence-corrected chi connectivity index (χ1v) is 12.5. The van der Waals surface area contributed by atoms with Gasteiger partial charge in [-0.3, -0.25) is 14.5 Å². The molecule has 2 aliphatic rings. The minimum atomic E-state index is -0.589. The van der Waals surface area contributed by atoms with Gasteiger partial charge < -0.3 is 10.1 Å². The first-order chi connectivity index (χ1) is 16.4. The number of carbonyl (C=O) groups is 3. The highest BCUT2D eigenvalue weighted by Gasteiger charge is 2.37. The molecular formula is C26H26N2O4S2. The van der Waals surface area contributed by atoms with E-state index < -0.39 is 11.9 Å². The fraction of sp³-hybridized carbons (Fsp3) is 0.308. The van der Waals surface area contributed by atoms with Crippen LogP contribution in [-0.4, -0.2) is 39.7 Å². The number of amides is 2. The minimum absolute atomic E-state index is 0.0371. The minimum Gasteiger partial charge on any atom is -0.452 e. The number of nitrogens with zero attached hydrogens (tertiary/aromatic N) is 1. The van der Waals surface area contributed by atoms with Crippen LogP contribution < -0.4 is 5.32 Å². The van der Waals surface area contributed by atoms with E-state index in [9.17, 15) is 14.4 Å². The molecule has 0 spiro atoms. The number of hydrogen-bond donors (Lipinski definition) is 1. The van der Waals surface area contributed by atoms with Crippen LogP contribution in [0.3, 0.4) is 0 Å². The molecule has 0 unspecified atom stereocenters. The number of thiocarbonyl (C=S) groups is 1. The molecule has 8 heteroatoms. The third-order valence-corrected chi connectivity index (χ3v) is 7.21. The monoisotopic (exact) mass is 494 g/mol. The maximum Gasteiger partial charge on any atom is 0.338 e. The van der Waals surface area contributed by atoms with Crippen molar-refractivity contribution in [1.82, 2.24) is 4.90 Å². The summed E-state index contributed by atoms with van der Waals surface area (Å²) >= 11 is 6.80. The molecule has 4 rings (SSSR count). The van der Waals surface area contributed by atoms with Gasteiger partial charge in [0.2, 0.25) is 0 Å². The maximum absolute atomic E-state index is 12.9. The second-order valence-electron chi connectivity index (χ2n) is 8.46. The summed E-state index contributed by atoms with van der Waals surface area (Å²) in [5, 5.41) is 2.69. The number of hydrogen-bond acceptors (Lipinski definition) is 6. The van der Waals surface area contributed by atoms with Gasteiger partial charge >= 0.3 is 5.97 Å². The van der Waals surface area contributed by atoms with Gasteiger partial charge in [0, 0.05) is 11.7 Å². The average molecular weight is 495 g/mol. The predicted octanol–water partition coefficient (Wildman–Crippen LogP) is 5.32. The van der Waals surface area contributed by atoms with E-state index in [1.54, 1.807) is 47.4 Å². The SMILES string of the molecule is Cc1ccc(NC(=O)COC(=O)c2ccc(/C=C3/SC(=S)N(C4CCCCC4)C3=O)cc2)cc1. The lowest BCUT2D eigenvalue weighted by Gasteiger charge is -2.29. The standard InChI is InChI=1S/C26H26N2O4S2/c1-17-7-13-20(14-8-17)27-23(29)16-32-25(31)19-11-9-18(10-12-19)15-22-24(30)28(26(33)34-22)21-5-3-2-4-6-21/h7-15,21H,2-6,16H2,1H3,(H,27,29)/b22-15+. The topological polar surface area (TPSA) is 75.7 Å². The molecule has 1 saturated carbocycles. The Kier molecular flexibility index (Phi) is 7.80. The van der Waals surface area contributed by atoms with Crippen molar-refractivity contribution in [1.29, 1.82) is 0 Å². The fourth-order valence-corrected chi connectivity index (χ4v) is 5.45. The van der Waals surface area contributed by atoms with Crippen molar-refractivity contribution in [2.75, 3.05) is 11.9 Å². The normalized spacial score (nSPS) is 17.8. The Morgan fingerprint density at radius 2 is 1.76 bits per heavy atom. The van der Waals surface area contributed by atoms with Gasteiger partial charge in [0.25, 0.3) is 11.8 Å². The number of benzene rings is 2. The number of carbonyl (C=O) groups excluding carboxylic acids is 3. The Labute approximate surface area is 208 Å². The number of thioether (sulfide) groups is 1. The van der Waals surface area contributed by atoms with Crippen molar-refractivity contribution < 1.29 is 19.1 Å². The molecule has 2 aromatic carbocycles. The van der Waals surface area contributed by atoms with Crippen LogP contribution in [0.4, 0.5) is 5.69 Å². The molecule has 1 aliphatic carbocycles. The Balaban J connectivity index is 1.32. The fourth-order valence-electron chi connectivity index (χ4n) is 4.05. The molecule has 0 radical (unpaired) electrons. The molecule has 34 heavy (non-hydrogen) atoms. The highest BCUT2D eigenvalue weighted by Crippen LogP contribution is 2.37. The number of ether oxygens (including phenoxy) is 1. The van der Waals surface area contributed by atoms with Gasteiger partial charge in [-0.25, -0.2) is 4.79 Å². The van der Waals surface area contributed by atoms with E-state index in [0.717, 1.165) is 36.8 Å². The van der Waals surface area contributed by atoms with Gasteiger partial charge in [0.15, 0.2) is 6.61 Å². The lowest BCUT2D eigenvalue weighted by Crippen LogP contribution is -2.39. The molecule has 1 aliphatic heterocycles. The van der Waals surface area contributed by atoms with Gasteiger partial charge in [0.05, 0.1) is 10.5 Å². The Hall–Kier alpha value is -2.97. The van der Waals surface area contributed by atoms with E-state index in [-0.39, 0.29) is 18.6 Å². The highest BCUT2D eigenvalue weighted by atomic mass is 32.2. The molecule has 2 aromatic rings. The van der Waals surface area contributed by atoms with Crippen molar-refractivity contribution in [3.63, 3.8) is 0 Å². The number of nitrogens with one attached hydrogen (secondary N) is 1. The summed E-state index contributed by atoms with van der Waals surface area (Å²) in [6.45, 7) is 1.58. The van der Waals surface area contributed by atoms with Crippen LogP contribution in [0, 0.1) is 6.92 Å². The van der Waals surface area contributed by atoms with Crippen LogP contribution in [0.2, 0.25) is 0 Å². The van der Waals surface area contributed by atoms with Crippen LogP contribution in [0.15, 0.2) is 53.4 Å². The number of anilines is 1. The summed E-state index contributed by atoms with van der Waals surface area (Å²) < 4.78 is 5.74. The smallest absolute Gasteiger partial charge is 0.338 e. The summed E-state index contributed by atoms with van der Waals surface area (Å²) in [6, 6.07) is 14.3. The van der Waals surface area contributed by atoms with Crippen molar-refractivity contribution in [2.24, 2.45) is 0 Å². The van der Waals surface area contributed by atoms with E-state index in [1.807, 2.05) is 19.1 Å². The van der Waals surface area contributed by atoms with Gasteiger partial charge in [-0.15, -0.1) is 0 Å². The van der Waals surface area contributed by atoms with Crippen molar-refractivity contribution in [3.05, 3.63) is 70.1 Å². The zero-order chi connectivity index (χ0) is 24.1. The molecule has 1 N–H and O–H groups in total. The van der Waals surface area contributed by atoms with Crippen molar-refractivity contribution in [3.8, 4) is 0 Å². The van der Waals surface area contributed by atoms with Crippen LogP contribution in [0.1, 0.15) is 53.6 Å². The third kappa shape index (κ3) is 5.93. The van der Waals surface area contributed by atoms with E-state index in [2.05, 4.69) is 5.32 Å². The molecule has 2 fully saturated rings. The highest BCUT2D eigenvalue weighted by molar-refractivity contribution is 8.26. The van der Waals surface area contributed by atoms with E-state index in [1.165, 1.54) is 18.2 Å². The molecule has 176 valence electrons. The molecule has 1 heterocycles. The Morgan fingerprint density at radius 1 is 1.09 bits per heavy atom. The number of rotatable bonds is 6. The van der Waals surface area contributed by atoms with Crippen LogP contribution in [0.25, 0.3) is 6.08 Å². The third-order valence-electron chi connectivity index (χ3n) is 5.88. The average Bonchev–Trinajstić information content (AvgIpc) is 3.12. The second kappa shape index (κ2) is 11.0. The maximum atomic E-state index is 12.9. The first kappa shape index (κ1) is 24.2. The summed E-state index contributed by atoms with van der Waals surface area (Å²) in [5.74, 6) is -1.03. The zero-order valence-corrected chi connectivity index (χ0v) is 20.5. The molecule has 0 bridgehead atoms. The van der Waals surface area contributed by atoms with E-state index >= 15 is 0 Å². The largest absolute Gasteiger partial charge is 0.452 e. The molecule has 0 aromatic heterocycles. The zero-order valence-electron chi connectivity index (χ0n) is 18.9. The lowest BCUT2D eigenvalue weighted by molar-refractivity contribution is -0.124. The summed E-state index contributed by atoms with van der Waals surface area (Å²) in [7, 11) is 0. The molecule has 2 amide bonds. The van der Waals surface area contributed by atoms with E-state index in [0.29, 0.717) is 20.5 Å². The number of aryl methyl sites for hydroxylation is 1. The Morgan fingerprint density at radius 3 is 2.44 bits per heavy atom. The molecule has 1 saturated heterocycles. The quantitative estimate of drug-likeness (QED) is 0.333. The molecule has 6 nitrogen and oxygen atoms in total. The van der Waals surface area contributed by atoms with Crippen LogP contribution >= 0.6 is 24.0 Å². The molecular weight excluding hydrogens is 468 g/mol. The van der Waals surface area contributed by atoms with Crippen molar-refractivity contribution in [2.45, 2.75) is 45.1 Å². The van der Waals surface area contributed by atoms with Gasteiger partial charge in [-0.05, 0) is 55.7 Å². The second-order valence-corrected chi connectivity index (χ2v) is 10.1. The van der Waals surface area contributed by atoms with Gasteiger partial charge in [-0.2, -0.15) is 0 Å². The van der Waals surface area contributed by atoms with Crippen LogP contribution in [0.5, 0.6) is 0 Å². The van der Waals surface area contributed by atoms with Gasteiger partial charge in [0.1, 0.15) is 4.32 Å². The van der Waals surface area contributed by atoms with Gasteiger partial charge in [-0.1, -0.05) is 73.1 Å². The summed E-state index contributed by atoms with van der Waals surface area (Å²) in [4.78, 5) is 39.7. The summed E-state index contributed by atoms with van der Waals surface area (Å²) in [5.41, 5.74) is 2.85. The first-order valence-electron chi connectivity index (χ1n) is 11.3. The lowest BCUT2D eigenvalue weighted by atomic mass is 9.94.